The molecule has 0 radical (unpaired) electrons. The second-order valence-electron chi connectivity index (χ2n) is 5.09. The molecule has 1 N–H and O–H groups in total. The molecular weight excluding hydrogens is 278 g/mol. The zero-order valence-corrected chi connectivity index (χ0v) is 12.5. The van der Waals surface area contributed by atoms with E-state index in [0.717, 1.165) is 16.9 Å². The quantitative estimate of drug-likeness (QED) is 0.795. The number of benzene rings is 2. The van der Waals surface area contributed by atoms with Gasteiger partial charge in [0.2, 0.25) is 0 Å². The van der Waals surface area contributed by atoms with Crippen LogP contribution in [-0.4, -0.2) is 17.4 Å². The Morgan fingerprint density at radius 1 is 1.00 bits per heavy atom. The minimum absolute atomic E-state index is 0.131. The number of nitrogens with zero attached hydrogens (tertiary/aromatic N) is 1. The first-order valence-corrected chi connectivity index (χ1v) is 7.04. The van der Waals surface area contributed by atoms with Gasteiger partial charge in [-0.25, -0.2) is 0 Å². The first kappa shape index (κ1) is 14.4. The van der Waals surface area contributed by atoms with Crippen molar-refractivity contribution in [1.82, 2.24) is 5.16 Å². The van der Waals surface area contributed by atoms with Crippen LogP contribution < -0.4 is 4.74 Å². The third-order valence-corrected chi connectivity index (χ3v) is 3.62. The lowest BCUT2D eigenvalue weighted by atomic mass is 10.0. The highest BCUT2D eigenvalue weighted by atomic mass is 16.5. The van der Waals surface area contributed by atoms with Gasteiger partial charge in [0.15, 0.2) is 5.76 Å². The molecule has 3 rings (SSSR count). The molecule has 2 aromatic carbocycles. The van der Waals surface area contributed by atoms with Crippen molar-refractivity contribution in [1.29, 1.82) is 0 Å². The minimum atomic E-state index is -0.131. The number of hydrogen-bond acceptors (Lipinski definition) is 4. The van der Waals surface area contributed by atoms with Gasteiger partial charge in [-0.15, -0.1) is 0 Å². The van der Waals surface area contributed by atoms with Gasteiger partial charge in [0.1, 0.15) is 11.4 Å². The Labute approximate surface area is 129 Å². The number of aromatic nitrogens is 1. The molecule has 0 aliphatic heterocycles. The third kappa shape index (κ3) is 2.61. The molecule has 22 heavy (non-hydrogen) atoms. The molecule has 4 nitrogen and oxygen atoms in total. The molecule has 1 heterocycles. The van der Waals surface area contributed by atoms with Gasteiger partial charge in [-0.3, -0.25) is 0 Å². The van der Waals surface area contributed by atoms with Crippen molar-refractivity contribution in [2.24, 2.45) is 0 Å². The summed E-state index contributed by atoms with van der Waals surface area (Å²) in [6.07, 6.45) is 0. The number of hydrogen-bond donors (Lipinski definition) is 1. The molecule has 0 aliphatic carbocycles. The van der Waals surface area contributed by atoms with Gasteiger partial charge in [-0.2, -0.15) is 0 Å². The summed E-state index contributed by atoms with van der Waals surface area (Å²) in [6, 6.07) is 15.5. The average molecular weight is 295 g/mol. The minimum Gasteiger partial charge on any atom is -0.497 e. The highest BCUT2D eigenvalue weighted by molar-refractivity contribution is 5.72. The highest BCUT2D eigenvalue weighted by Crippen LogP contribution is 2.33. The van der Waals surface area contributed by atoms with E-state index in [4.69, 9.17) is 9.26 Å². The van der Waals surface area contributed by atoms with Crippen LogP contribution in [-0.2, 0) is 6.61 Å². The van der Waals surface area contributed by atoms with E-state index in [1.54, 1.807) is 7.11 Å². The summed E-state index contributed by atoms with van der Waals surface area (Å²) in [4.78, 5) is 0. The van der Waals surface area contributed by atoms with Gasteiger partial charge in [0.25, 0.3) is 0 Å². The Bertz CT molecular complexity index is 758. The van der Waals surface area contributed by atoms with Crippen molar-refractivity contribution < 1.29 is 14.4 Å². The lowest BCUT2D eigenvalue weighted by Crippen LogP contribution is -1.90. The summed E-state index contributed by atoms with van der Waals surface area (Å²) < 4.78 is 10.6. The number of aliphatic hydroxyl groups excluding tert-OH is 1. The lowest BCUT2D eigenvalue weighted by Gasteiger charge is -2.03. The zero-order chi connectivity index (χ0) is 15.5. The average Bonchev–Trinajstić information content (AvgIpc) is 2.99. The van der Waals surface area contributed by atoms with Crippen molar-refractivity contribution in [3.63, 3.8) is 0 Å². The van der Waals surface area contributed by atoms with Crippen molar-refractivity contribution in [3.8, 4) is 28.3 Å². The van der Waals surface area contributed by atoms with E-state index in [9.17, 15) is 5.11 Å². The van der Waals surface area contributed by atoms with Gasteiger partial charge in [0, 0.05) is 11.1 Å². The van der Waals surface area contributed by atoms with Crippen LogP contribution >= 0.6 is 0 Å². The second kappa shape index (κ2) is 6.03. The van der Waals surface area contributed by atoms with Crippen LogP contribution in [0.1, 0.15) is 11.1 Å². The Morgan fingerprint density at radius 2 is 1.64 bits per heavy atom. The molecule has 0 spiro atoms. The van der Waals surface area contributed by atoms with Crippen LogP contribution in [0.25, 0.3) is 22.6 Å². The van der Waals surface area contributed by atoms with Gasteiger partial charge < -0.3 is 14.4 Å². The van der Waals surface area contributed by atoms with Gasteiger partial charge in [-0.1, -0.05) is 35.0 Å². The van der Waals surface area contributed by atoms with E-state index in [2.05, 4.69) is 5.16 Å². The van der Waals surface area contributed by atoms with Crippen LogP contribution in [0, 0.1) is 6.92 Å². The van der Waals surface area contributed by atoms with Crippen LogP contribution in [0.4, 0.5) is 0 Å². The first-order valence-electron chi connectivity index (χ1n) is 7.04. The standard InChI is InChI=1S/C18H17NO3/c1-12-3-5-14(6-4-12)18-16(11-20)17(19-22-18)13-7-9-15(21-2)10-8-13/h3-10,20H,11H2,1-2H3. The molecule has 0 bridgehead atoms. The van der Waals surface area contributed by atoms with Crippen molar-refractivity contribution in [2.45, 2.75) is 13.5 Å². The van der Waals surface area contributed by atoms with Crippen molar-refractivity contribution >= 4 is 0 Å². The number of aliphatic hydroxyl groups is 1. The molecular formula is C18H17NO3. The molecule has 0 amide bonds. The molecule has 112 valence electrons. The summed E-state index contributed by atoms with van der Waals surface area (Å²) in [7, 11) is 1.62. The Kier molecular flexibility index (Phi) is 3.94. The summed E-state index contributed by atoms with van der Waals surface area (Å²) in [5.74, 6) is 1.38. The van der Waals surface area contributed by atoms with Crippen molar-refractivity contribution in [3.05, 3.63) is 59.7 Å². The predicted octanol–water partition coefficient (Wildman–Crippen LogP) is 3.82. The highest BCUT2D eigenvalue weighted by Gasteiger charge is 2.18. The molecule has 0 saturated carbocycles. The molecule has 3 aromatic rings. The zero-order valence-electron chi connectivity index (χ0n) is 12.5. The van der Waals surface area contributed by atoms with Crippen LogP contribution in [0.15, 0.2) is 53.1 Å². The Morgan fingerprint density at radius 3 is 2.23 bits per heavy atom. The van der Waals surface area contributed by atoms with Gasteiger partial charge in [0.05, 0.1) is 19.3 Å². The molecule has 0 unspecified atom stereocenters. The fourth-order valence-corrected chi connectivity index (χ4v) is 2.36. The van der Waals surface area contributed by atoms with Crippen molar-refractivity contribution in [2.75, 3.05) is 7.11 Å². The van der Waals surface area contributed by atoms with Crippen LogP contribution in [0.2, 0.25) is 0 Å². The van der Waals surface area contributed by atoms with Gasteiger partial charge in [-0.05, 0) is 31.2 Å². The monoisotopic (exact) mass is 295 g/mol. The molecule has 0 atom stereocenters. The molecule has 0 fully saturated rings. The van der Waals surface area contributed by atoms with Crippen LogP contribution in [0.5, 0.6) is 5.75 Å². The maximum Gasteiger partial charge on any atom is 0.173 e. The number of ether oxygens (including phenoxy) is 1. The SMILES string of the molecule is COc1ccc(-c2noc(-c3ccc(C)cc3)c2CO)cc1. The van der Waals surface area contributed by atoms with E-state index in [0.29, 0.717) is 17.0 Å². The Balaban J connectivity index is 2.04. The van der Waals surface area contributed by atoms with E-state index in [-0.39, 0.29) is 6.61 Å². The molecule has 4 heteroatoms. The van der Waals surface area contributed by atoms with E-state index < -0.39 is 0 Å². The molecule has 0 aliphatic rings. The normalized spacial score (nSPS) is 10.7. The summed E-state index contributed by atoms with van der Waals surface area (Å²) in [6.45, 7) is 1.90. The smallest absolute Gasteiger partial charge is 0.173 e. The lowest BCUT2D eigenvalue weighted by molar-refractivity contribution is 0.281. The van der Waals surface area contributed by atoms with Crippen LogP contribution in [0.3, 0.4) is 0 Å². The largest absolute Gasteiger partial charge is 0.497 e. The third-order valence-electron chi connectivity index (χ3n) is 3.62. The van der Waals surface area contributed by atoms with Gasteiger partial charge >= 0.3 is 0 Å². The molecule has 0 saturated heterocycles. The topological polar surface area (TPSA) is 55.5 Å². The second-order valence-corrected chi connectivity index (χ2v) is 5.09. The predicted molar refractivity (Wildman–Crippen MR) is 84.6 cm³/mol. The molecule has 1 aromatic heterocycles. The maximum atomic E-state index is 9.74. The maximum absolute atomic E-state index is 9.74. The number of aryl methyl sites for hydroxylation is 1. The number of rotatable bonds is 4. The summed E-state index contributed by atoms with van der Waals surface area (Å²) in [5, 5.41) is 13.9. The Hall–Kier alpha value is -2.59. The van der Waals surface area contributed by atoms with E-state index in [1.807, 2.05) is 55.5 Å². The number of methoxy groups -OCH3 is 1. The van der Waals surface area contributed by atoms with E-state index >= 15 is 0 Å². The first-order chi connectivity index (χ1) is 10.7. The fraction of sp³-hybridized carbons (Fsp3) is 0.167. The fourth-order valence-electron chi connectivity index (χ4n) is 2.36. The van der Waals surface area contributed by atoms with E-state index in [1.165, 1.54) is 5.56 Å². The summed E-state index contributed by atoms with van der Waals surface area (Å²) >= 11 is 0. The summed E-state index contributed by atoms with van der Waals surface area (Å²) in [5.41, 5.74) is 4.30.